The lowest BCUT2D eigenvalue weighted by molar-refractivity contribution is -0.132. The number of nitrogens with one attached hydrogen (secondary N) is 1. The van der Waals surface area contributed by atoms with E-state index in [2.05, 4.69) is 15.1 Å². The number of hydrogen-bond donors (Lipinski definition) is 3. The summed E-state index contributed by atoms with van der Waals surface area (Å²) in [5, 5.41) is 15.4. The van der Waals surface area contributed by atoms with Gasteiger partial charge in [-0.2, -0.15) is 0 Å². The molecule has 1 aliphatic heterocycles. The highest BCUT2D eigenvalue weighted by Crippen LogP contribution is 2.32. The number of rotatable bonds is 6. The van der Waals surface area contributed by atoms with Crippen molar-refractivity contribution in [2.75, 3.05) is 32.5 Å². The normalized spacial score (nSPS) is 17.3. The average Bonchev–Trinajstić information content (AvgIpc) is 3.54. The lowest BCUT2D eigenvalue weighted by Gasteiger charge is -2.42. The van der Waals surface area contributed by atoms with Gasteiger partial charge in [-0.15, -0.1) is 5.10 Å². The second kappa shape index (κ2) is 9.44. The van der Waals surface area contributed by atoms with Crippen molar-refractivity contribution in [1.82, 2.24) is 29.5 Å². The number of aliphatic hydroxyl groups excluding tert-OH is 1. The number of nitrogens with two attached hydrogens (primary N) is 1. The number of ketones is 1. The van der Waals surface area contributed by atoms with Crippen LogP contribution in [-0.2, 0) is 4.79 Å². The van der Waals surface area contributed by atoms with Crippen LogP contribution in [-0.4, -0.2) is 79.1 Å². The van der Waals surface area contributed by atoms with Crippen molar-refractivity contribution in [1.29, 1.82) is 0 Å². The molecule has 4 heterocycles. The average molecular weight is 490 g/mol. The van der Waals surface area contributed by atoms with E-state index >= 15 is 0 Å². The largest absolute Gasteiger partial charge is 0.494 e. The van der Waals surface area contributed by atoms with Crippen LogP contribution in [0.5, 0.6) is 5.75 Å². The van der Waals surface area contributed by atoms with Crippen LogP contribution >= 0.6 is 0 Å². The molecule has 0 spiro atoms. The van der Waals surface area contributed by atoms with E-state index in [-0.39, 0.29) is 11.6 Å². The van der Waals surface area contributed by atoms with Crippen LogP contribution in [0.2, 0.25) is 0 Å². The molecule has 2 atom stereocenters. The number of carbonyl (C=O) groups is 2. The molecular weight excluding hydrogens is 462 g/mol. The number of anilines is 1. The highest BCUT2D eigenvalue weighted by molar-refractivity contribution is 6.45. The lowest BCUT2D eigenvalue weighted by atomic mass is 10.1. The van der Waals surface area contributed by atoms with Gasteiger partial charge in [-0.05, 0) is 12.5 Å². The van der Waals surface area contributed by atoms with Crippen LogP contribution in [0.15, 0.2) is 55.0 Å². The molecule has 0 radical (unpaired) electrons. The molecule has 1 unspecified atom stereocenters. The van der Waals surface area contributed by atoms with E-state index in [1.165, 1.54) is 29.1 Å². The standard InChI is InChI=1S/C25H27N7O4/c1-15-14-30(10-11-31(15)24(34)16-6-4-3-5-7-16)25(35)22(33)17-12-27-21-20(17)18(36-2)13-28-23(21)32-9-8-19(26)29-32/h3-9,12-13,15,24,27,34H,10-11,14H2,1-2H3,(H2,26,29)/t15-,24?/m1/s1. The minimum Gasteiger partial charge on any atom is -0.494 e. The molecule has 11 heteroatoms. The number of aromatic nitrogens is 4. The van der Waals surface area contributed by atoms with E-state index in [0.717, 1.165) is 5.56 Å². The topological polar surface area (TPSA) is 143 Å². The van der Waals surface area contributed by atoms with Crippen LogP contribution < -0.4 is 10.5 Å². The Morgan fingerprint density at radius 2 is 2.00 bits per heavy atom. The van der Waals surface area contributed by atoms with Crippen LogP contribution in [0.3, 0.4) is 0 Å². The number of Topliss-reactive ketones (excluding diaryl/α,β-unsaturated/α-hetero) is 1. The van der Waals surface area contributed by atoms with Gasteiger partial charge in [0.15, 0.2) is 5.82 Å². The number of aliphatic hydroxyl groups is 1. The van der Waals surface area contributed by atoms with Gasteiger partial charge in [0, 0.05) is 44.1 Å². The Morgan fingerprint density at radius 3 is 2.67 bits per heavy atom. The Balaban J connectivity index is 1.39. The number of hydrogen-bond acceptors (Lipinski definition) is 8. The number of fused-ring (bicyclic) bond motifs is 1. The summed E-state index contributed by atoms with van der Waals surface area (Å²) >= 11 is 0. The Labute approximate surface area is 207 Å². The highest BCUT2D eigenvalue weighted by Gasteiger charge is 2.35. The molecule has 1 fully saturated rings. The molecule has 11 nitrogen and oxygen atoms in total. The van der Waals surface area contributed by atoms with Crippen LogP contribution in [0.1, 0.15) is 29.1 Å². The zero-order chi connectivity index (χ0) is 25.4. The summed E-state index contributed by atoms with van der Waals surface area (Å²) in [5.41, 5.74) is 7.22. The predicted molar refractivity (Wildman–Crippen MR) is 133 cm³/mol. The zero-order valence-electron chi connectivity index (χ0n) is 20.0. The third-order valence-electron chi connectivity index (χ3n) is 6.52. The van der Waals surface area contributed by atoms with E-state index in [1.54, 1.807) is 12.3 Å². The number of ether oxygens (including phenoxy) is 1. The zero-order valence-corrected chi connectivity index (χ0v) is 20.0. The second-order valence-electron chi connectivity index (χ2n) is 8.74. The van der Waals surface area contributed by atoms with Gasteiger partial charge in [0.05, 0.1) is 29.8 Å². The molecule has 1 aliphatic rings. The van der Waals surface area contributed by atoms with Crippen molar-refractivity contribution in [3.8, 4) is 11.6 Å². The highest BCUT2D eigenvalue weighted by atomic mass is 16.5. The molecule has 4 aromatic rings. The number of benzene rings is 1. The monoisotopic (exact) mass is 489 g/mol. The molecule has 1 aromatic carbocycles. The van der Waals surface area contributed by atoms with Crippen molar-refractivity contribution in [3.05, 3.63) is 66.1 Å². The Kier molecular flexibility index (Phi) is 6.17. The third-order valence-corrected chi connectivity index (χ3v) is 6.52. The van der Waals surface area contributed by atoms with Gasteiger partial charge >= 0.3 is 0 Å². The molecule has 186 valence electrons. The van der Waals surface area contributed by atoms with Gasteiger partial charge in [-0.1, -0.05) is 30.3 Å². The molecular formula is C25H27N7O4. The molecule has 0 bridgehead atoms. The molecule has 5 rings (SSSR count). The number of aromatic amines is 1. The molecule has 1 amide bonds. The maximum absolute atomic E-state index is 13.4. The maximum atomic E-state index is 13.4. The smallest absolute Gasteiger partial charge is 0.295 e. The summed E-state index contributed by atoms with van der Waals surface area (Å²) in [6.45, 7) is 2.99. The third kappa shape index (κ3) is 4.08. The molecule has 3 aromatic heterocycles. The molecule has 36 heavy (non-hydrogen) atoms. The summed E-state index contributed by atoms with van der Waals surface area (Å²) in [5.74, 6) is -0.160. The van der Waals surface area contributed by atoms with Crippen LogP contribution in [0.25, 0.3) is 16.7 Å². The quantitative estimate of drug-likeness (QED) is 0.275. The molecule has 4 N–H and O–H groups in total. The van der Waals surface area contributed by atoms with E-state index < -0.39 is 17.9 Å². The van der Waals surface area contributed by atoms with E-state index in [1.807, 2.05) is 42.2 Å². The number of nitrogens with zero attached hydrogens (tertiary/aromatic N) is 5. The van der Waals surface area contributed by atoms with Gasteiger partial charge in [0.1, 0.15) is 17.8 Å². The van der Waals surface area contributed by atoms with Gasteiger partial charge < -0.3 is 25.5 Å². The van der Waals surface area contributed by atoms with Crippen molar-refractivity contribution in [3.63, 3.8) is 0 Å². The summed E-state index contributed by atoms with van der Waals surface area (Å²) < 4.78 is 6.94. The first-order valence-corrected chi connectivity index (χ1v) is 11.6. The van der Waals surface area contributed by atoms with Crippen LogP contribution in [0.4, 0.5) is 5.82 Å². The first-order valence-electron chi connectivity index (χ1n) is 11.6. The number of pyridine rings is 1. The van der Waals surface area contributed by atoms with E-state index in [0.29, 0.717) is 47.9 Å². The number of methoxy groups -OCH3 is 1. The molecule has 0 saturated carbocycles. The van der Waals surface area contributed by atoms with Crippen molar-refractivity contribution < 1.29 is 19.4 Å². The number of nitrogen functional groups attached to an aromatic ring is 1. The van der Waals surface area contributed by atoms with Gasteiger partial charge in [0.2, 0.25) is 0 Å². The van der Waals surface area contributed by atoms with E-state index in [4.69, 9.17) is 10.5 Å². The lowest BCUT2D eigenvalue weighted by Crippen LogP contribution is -2.55. The van der Waals surface area contributed by atoms with Crippen molar-refractivity contribution in [2.24, 2.45) is 0 Å². The van der Waals surface area contributed by atoms with Gasteiger partial charge in [-0.3, -0.25) is 14.5 Å². The summed E-state index contributed by atoms with van der Waals surface area (Å²) in [7, 11) is 1.48. The molecule has 0 aliphatic carbocycles. The number of piperazine rings is 1. The fourth-order valence-electron chi connectivity index (χ4n) is 4.66. The van der Waals surface area contributed by atoms with E-state index in [9.17, 15) is 14.7 Å². The minimum atomic E-state index is -0.783. The fraction of sp³-hybridized carbons (Fsp3) is 0.280. The fourth-order valence-corrected chi connectivity index (χ4v) is 4.66. The first-order chi connectivity index (χ1) is 17.4. The van der Waals surface area contributed by atoms with Crippen molar-refractivity contribution in [2.45, 2.75) is 19.2 Å². The second-order valence-corrected chi connectivity index (χ2v) is 8.74. The van der Waals surface area contributed by atoms with Crippen LogP contribution in [0, 0.1) is 0 Å². The van der Waals surface area contributed by atoms with Crippen molar-refractivity contribution >= 4 is 28.4 Å². The summed E-state index contributed by atoms with van der Waals surface area (Å²) in [6.07, 6.45) is 3.84. The Morgan fingerprint density at radius 1 is 1.22 bits per heavy atom. The van der Waals surface area contributed by atoms with Gasteiger partial charge in [-0.25, -0.2) is 9.67 Å². The maximum Gasteiger partial charge on any atom is 0.295 e. The van der Waals surface area contributed by atoms with Gasteiger partial charge in [0.25, 0.3) is 11.7 Å². The SMILES string of the molecule is COc1cnc(-n2ccc(N)n2)c2[nH]cc(C(=O)C(=O)N3CCN(C(O)c4ccccc4)[C@H](C)C3)c12. The molecule has 1 saturated heterocycles. The summed E-state index contributed by atoms with van der Waals surface area (Å²) in [4.78, 5) is 37.6. The predicted octanol–water partition coefficient (Wildman–Crippen LogP) is 1.75. The Bertz CT molecular complexity index is 1410. The first kappa shape index (κ1) is 23.5. The number of amides is 1. The summed E-state index contributed by atoms with van der Waals surface area (Å²) in [6, 6.07) is 10.9. The number of H-pyrrole nitrogens is 1. The minimum absolute atomic E-state index is 0.149. The number of carbonyl (C=O) groups excluding carboxylic acids is 2. The Hall–Kier alpha value is -4.22.